The first-order valence-electron chi connectivity index (χ1n) is 14.3. The quantitative estimate of drug-likeness (QED) is 0.342. The summed E-state index contributed by atoms with van der Waals surface area (Å²) in [4.78, 5) is 0. The maximum Gasteiger partial charge on any atom is 0.200 e. The van der Waals surface area contributed by atoms with E-state index in [0.717, 1.165) is 42.4 Å². The normalized spacial score (nSPS) is 32.7. The van der Waals surface area contributed by atoms with Gasteiger partial charge < -0.3 is 4.74 Å². The smallest absolute Gasteiger partial charge is 0.200 e. The molecule has 0 atom stereocenters. The highest BCUT2D eigenvalue weighted by Crippen LogP contribution is 2.48. The minimum Gasteiger partial charge on any atom is -0.491 e. The minimum absolute atomic E-state index is 0.0383. The van der Waals surface area contributed by atoms with Gasteiger partial charge in [-0.25, -0.2) is 4.39 Å². The lowest BCUT2D eigenvalue weighted by Crippen LogP contribution is -2.29. The second kappa shape index (κ2) is 12.5. The van der Waals surface area contributed by atoms with E-state index in [1.54, 1.807) is 19.1 Å². The van der Waals surface area contributed by atoms with E-state index in [0.29, 0.717) is 12.2 Å². The first-order chi connectivity index (χ1) is 16.6. The monoisotopic (exact) mass is 472 g/mol. The molecule has 3 fully saturated rings. The van der Waals surface area contributed by atoms with Gasteiger partial charge in [-0.3, -0.25) is 0 Å². The SMILES string of the molecule is CC=CCCC1CCC(C2CCC(C3CCC(c4ccc(OCC)c(F)c4F)CC3)CC2)CC1. The predicted molar refractivity (Wildman–Crippen MR) is 137 cm³/mol. The lowest BCUT2D eigenvalue weighted by atomic mass is 9.64. The number of hydrogen-bond acceptors (Lipinski definition) is 1. The third-order valence-corrected chi connectivity index (χ3v) is 9.61. The summed E-state index contributed by atoms with van der Waals surface area (Å²) in [6.45, 7) is 4.26. The van der Waals surface area contributed by atoms with Gasteiger partial charge in [0.15, 0.2) is 11.6 Å². The van der Waals surface area contributed by atoms with Crippen LogP contribution < -0.4 is 4.74 Å². The van der Waals surface area contributed by atoms with E-state index in [1.807, 2.05) is 0 Å². The van der Waals surface area contributed by atoms with Crippen molar-refractivity contribution < 1.29 is 13.5 Å². The molecule has 0 heterocycles. The molecular weight excluding hydrogens is 426 g/mol. The van der Waals surface area contributed by atoms with Crippen molar-refractivity contribution in [3.8, 4) is 5.75 Å². The molecule has 3 heteroatoms. The standard InChI is InChI=1S/C31H46F2O/c1-3-5-6-7-22-8-10-23(11-9-22)24-12-14-25(15-13-24)26-16-18-27(19-17-26)28-20-21-29(34-4-2)31(33)30(28)32/h3,5,20-27H,4,6-19H2,1-2H3. The van der Waals surface area contributed by atoms with Crippen molar-refractivity contribution >= 4 is 0 Å². The highest BCUT2D eigenvalue weighted by Gasteiger charge is 2.35. The van der Waals surface area contributed by atoms with E-state index in [2.05, 4.69) is 19.1 Å². The van der Waals surface area contributed by atoms with Crippen LogP contribution in [0.1, 0.15) is 115 Å². The second-order valence-corrected chi connectivity index (χ2v) is 11.4. The zero-order valence-electron chi connectivity index (χ0n) is 21.5. The Labute approximate surface area is 206 Å². The highest BCUT2D eigenvalue weighted by atomic mass is 19.2. The molecule has 3 saturated carbocycles. The van der Waals surface area contributed by atoms with Crippen molar-refractivity contribution in [2.24, 2.45) is 29.6 Å². The molecule has 0 unspecified atom stereocenters. The molecule has 1 aromatic carbocycles. The molecule has 34 heavy (non-hydrogen) atoms. The Morgan fingerprint density at radius 1 is 0.765 bits per heavy atom. The Bertz CT molecular complexity index is 779. The van der Waals surface area contributed by atoms with E-state index in [4.69, 9.17) is 4.74 Å². The molecule has 1 nitrogen and oxygen atoms in total. The summed E-state index contributed by atoms with van der Waals surface area (Å²) >= 11 is 0. The fourth-order valence-electron chi connectivity index (χ4n) is 7.57. The van der Waals surface area contributed by atoms with Crippen LogP contribution in [0.4, 0.5) is 8.78 Å². The molecule has 0 N–H and O–H groups in total. The Morgan fingerprint density at radius 2 is 1.29 bits per heavy atom. The number of halogens is 2. The van der Waals surface area contributed by atoms with Crippen molar-refractivity contribution in [1.29, 1.82) is 0 Å². The molecule has 0 aromatic heterocycles. The van der Waals surface area contributed by atoms with Gasteiger partial charge in [0, 0.05) is 0 Å². The van der Waals surface area contributed by atoms with E-state index in [9.17, 15) is 8.78 Å². The lowest BCUT2D eigenvalue weighted by Gasteiger charge is -2.41. The number of hydrogen-bond donors (Lipinski definition) is 0. The van der Waals surface area contributed by atoms with Gasteiger partial charge in [-0.1, -0.05) is 31.1 Å². The van der Waals surface area contributed by atoms with Crippen LogP contribution in [0, 0.1) is 41.2 Å². The van der Waals surface area contributed by atoms with Gasteiger partial charge in [0.2, 0.25) is 5.82 Å². The molecule has 0 saturated heterocycles. The third kappa shape index (κ3) is 6.24. The van der Waals surface area contributed by atoms with Gasteiger partial charge in [-0.05, 0) is 138 Å². The molecule has 1 aromatic rings. The first kappa shape index (κ1) is 25.7. The minimum atomic E-state index is -0.813. The third-order valence-electron chi connectivity index (χ3n) is 9.61. The first-order valence-corrected chi connectivity index (χ1v) is 14.3. The van der Waals surface area contributed by atoms with Gasteiger partial charge >= 0.3 is 0 Å². The molecular formula is C31H46F2O. The lowest BCUT2D eigenvalue weighted by molar-refractivity contribution is 0.109. The van der Waals surface area contributed by atoms with Gasteiger partial charge in [0.05, 0.1) is 6.61 Å². The molecule has 0 radical (unpaired) electrons. The van der Waals surface area contributed by atoms with Crippen LogP contribution in [0.25, 0.3) is 0 Å². The zero-order chi connectivity index (χ0) is 23.9. The van der Waals surface area contributed by atoms with E-state index in [1.165, 1.54) is 77.0 Å². The maximum absolute atomic E-state index is 14.7. The van der Waals surface area contributed by atoms with Crippen molar-refractivity contribution in [1.82, 2.24) is 0 Å². The van der Waals surface area contributed by atoms with Crippen molar-refractivity contribution in [3.05, 3.63) is 41.5 Å². The average Bonchev–Trinajstić information content (AvgIpc) is 2.88. The summed E-state index contributed by atoms with van der Waals surface area (Å²) in [5.41, 5.74) is 0.560. The van der Waals surface area contributed by atoms with Crippen LogP contribution in [0.5, 0.6) is 5.75 Å². The van der Waals surface area contributed by atoms with Crippen LogP contribution >= 0.6 is 0 Å². The molecule has 0 spiro atoms. The van der Waals surface area contributed by atoms with Crippen molar-refractivity contribution in [3.63, 3.8) is 0 Å². The summed E-state index contributed by atoms with van der Waals surface area (Å²) in [7, 11) is 0. The summed E-state index contributed by atoms with van der Waals surface area (Å²) in [5, 5.41) is 0. The molecule has 3 aliphatic carbocycles. The Kier molecular flexibility index (Phi) is 9.48. The Hall–Kier alpha value is -1.38. The Balaban J connectivity index is 1.20. The molecule has 0 amide bonds. The van der Waals surface area contributed by atoms with E-state index < -0.39 is 11.6 Å². The summed E-state index contributed by atoms with van der Waals surface area (Å²) < 4.78 is 34.3. The van der Waals surface area contributed by atoms with Crippen LogP contribution in [-0.2, 0) is 0 Å². The van der Waals surface area contributed by atoms with E-state index >= 15 is 0 Å². The largest absolute Gasteiger partial charge is 0.491 e. The van der Waals surface area contributed by atoms with Gasteiger partial charge in [-0.15, -0.1) is 0 Å². The predicted octanol–water partition coefficient (Wildman–Crippen LogP) is 9.61. The fraction of sp³-hybridized carbons (Fsp3) is 0.742. The maximum atomic E-state index is 14.7. The van der Waals surface area contributed by atoms with Crippen molar-refractivity contribution in [2.45, 2.75) is 110 Å². The van der Waals surface area contributed by atoms with Crippen LogP contribution in [0.15, 0.2) is 24.3 Å². The van der Waals surface area contributed by atoms with Crippen molar-refractivity contribution in [2.75, 3.05) is 6.61 Å². The fourth-order valence-corrected chi connectivity index (χ4v) is 7.57. The summed E-state index contributed by atoms with van der Waals surface area (Å²) in [6, 6.07) is 3.37. The zero-order valence-corrected chi connectivity index (χ0v) is 21.5. The number of ether oxygens (including phenoxy) is 1. The van der Waals surface area contributed by atoms with Crippen LogP contribution in [0.3, 0.4) is 0 Å². The second-order valence-electron chi connectivity index (χ2n) is 11.4. The van der Waals surface area contributed by atoms with E-state index in [-0.39, 0.29) is 11.7 Å². The highest BCUT2D eigenvalue weighted by molar-refractivity contribution is 5.33. The molecule has 3 aliphatic rings. The topological polar surface area (TPSA) is 9.23 Å². The number of rotatable bonds is 8. The number of allylic oxidation sites excluding steroid dienone is 2. The van der Waals surface area contributed by atoms with Gasteiger partial charge in [0.25, 0.3) is 0 Å². The molecule has 4 rings (SSSR count). The number of benzene rings is 1. The average molecular weight is 473 g/mol. The molecule has 190 valence electrons. The summed E-state index contributed by atoms with van der Waals surface area (Å²) in [6.07, 6.45) is 23.0. The summed E-state index contributed by atoms with van der Waals surface area (Å²) in [5.74, 6) is 3.24. The van der Waals surface area contributed by atoms with Gasteiger partial charge in [-0.2, -0.15) is 4.39 Å². The molecule has 0 bridgehead atoms. The molecule has 0 aliphatic heterocycles. The van der Waals surface area contributed by atoms with Crippen LogP contribution in [-0.4, -0.2) is 6.61 Å². The Morgan fingerprint density at radius 3 is 1.82 bits per heavy atom. The van der Waals surface area contributed by atoms with Crippen LogP contribution in [0.2, 0.25) is 0 Å². The van der Waals surface area contributed by atoms with Gasteiger partial charge in [0.1, 0.15) is 0 Å².